The van der Waals surface area contributed by atoms with Crippen molar-refractivity contribution >= 4 is 34.2 Å². The molecule has 7 heteroatoms. The molecule has 0 aliphatic heterocycles. The Morgan fingerprint density at radius 2 is 1.89 bits per heavy atom. The third-order valence-corrected chi connectivity index (χ3v) is 5.95. The van der Waals surface area contributed by atoms with E-state index >= 15 is 0 Å². The Balaban J connectivity index is 1.69. The average Bonchev–Trinajstić information content (AvgIpc) is 3.02. The molecule has 1 heterocycles. The molecule has 28 heavy (non-hydrogen) atoms. The molecule has 1 amide bonds. The molecule has 3 rings (SSSR count). The van der Waals surface area contributed by atoms with Gasteiger partial charge in [-0.2, -0.15) is 0 Å². The summed E-state index contributed by atoms with van der Waals surface area (Å²) in [5.41, 5.74) is 2.80. The van der Waals surface area contributed by atoms with Crippen molar-refractivity contribution in [3.63, 3.8) is 0 Å². The van der Waals surface area contributed by atoms with Crippen LogP contribution in [0.15, 0.2) is 24.3 Å². The minimum absolute atomic E-state index is 0.384. The van der Waals surface area contributed by atoms with E-state index in [-0.39, 0.29) is 0 Å². The highest BCUT2D eigenvalue weighted by molar-refractivity contribution is 7.17. The van der Waals surface area contributed by atoms with E-state index in [4.69, 9.17) is 9.47 Å². The summed E-state index contributed by atoms with van der Waals surface area (Å²) >= 11 is 1.40. The number of methoxy groups -OCH3 is 1. The summed E-state index contributed by atoms with van der Waals surface area (Å²) in [7, 11) is 1.33. The maximum atomic E-state index is 12.3. The van der Waals surface area contributed by atoms with E-state index in [9.17, 15) is 14.4 Å². The zero-order chi connectivity index (χ0) is 20.3. The molecule has 1 aliphatic rings. The van der Waals surface area contributed by atoms with E-state index in [1.54, 1.807) is 24.3 Å². The van der Waals surface area contributed by atoms with Crippen molar-refractivity contribution in [3.8, 4) is 0 Å². The number of thiophene rings is 1. The number of hydrogen-bond acceptors (Lipinski definition) is 6. The van der Waals surface area contributed by atoms with Gasteiger partial charge in [0.15, 0.2) is 6.61 Å². The summed E-state index contributed by atoms with van der Waals surface area (Å²) in [4.78, 5) is 37.7. The number of aryl methyl sites for hydroxylation is 1. The molecule has 1 aliphatic carbocycles. The smallest absolute Gasteiger partial charge is 0.341 e. The molecule has 0 unspecified atom stereocenters. The fourth-order valence-electron chi connectivity index (χ4n) is 3.22. The van der Waals surface area contributed by atoms with Crippen molar-refractivity contribution in [2.24, 2.45) is 5.92 Å². The highest BCUT2D eigenvalue weighted by atomic mass is 32.1. The van der Waals surface area contributed by atoms with Gasteiger partial charge < -0.3 is 14.8 Å². The van der Waals surface area contributed by atoms with Crippen molar-refractivity contribution in [1.82, 2.24) is 0 Å². The molecule has 1 aromatic carbocycles. The Hall–Kier alpha value is -2.67. The van der Waals surface area contributed by atoms with Crippen LogP contribution >= 0.6 is 11.3 Å². The lowest BCUT2D eigenvalue weighted by atomic mass is 9.88. The Bertz CT molecular complexity index is 900. The van der Waals surface area contributed by atoms with Gasteiger partial charge in [-0.15, -0.1) is 11.3 Å². The molecule has 148 valence electrons. The molecule has 1 atom stereocenters. The molecule has 1 aromatic heterocycles. The van der Waals surface area contributed by atoms with E-state index in [2.05, 4.69) is 12.2 Å². The maximum Gasteiger partial charge on any atom is 0.341 e. The average molecular weight is 401 g/mol. The highest BCUT2D eigenvalue weighted by Gasteiger charge is 2.29. The lowest BCUT2D eigenvalue weighted by Gasteiger charge is -2.18. The number of ether oxygens (including phenoxy) is 2. The maximum absolute atomic E-state index is 12.3. The third kappa shape index (κ3) is 4.42. The first kappa shape index (κ1) is 20.1. The summed E-state index contributed by atoms with van der Waals surface area (Å²) in [6.45, 7) is 3.67. The van der Waals surface area contributed by atoms with Crippen LogP contribution in [0.25, 0.3) is 0 Å². The zero-order valence-corrected chi connectivity index (χ0v) is 17.0. The molecule has 0 fully saturated rings. The standard InChI is InChI=1S/C21H23NO5S/c1-12-4-7-14(8-5-12)20(24)27-11-17(23)22-19-18(21(25)26-3)15-9-6-13(2)10-16(15)28-19/h4-5,7-8,13H,6,9-11H2,1-3H3,(H,22,23)/t13-/m0/s1. The lowest BCUT2D eigenvalue weighted by molar-refractivity contribution is -0.119. The molecule has 0 saturated carbocycles. The van der Waals surface area contributed by atoms with Crippen LogP contribution in [-0.4, -0.2) is 31.6 Å². The van der Waals surface area contributed by atoms with E-state index < -0.39 is 24.5 Å². The number of fused-ring (bicyclic) bond motifs is 1. The number of amides is 1. The summed E-state index contributed by atoms with van der Waals surface area (Å²) in [6.07, 6.45) is 2.66. The number of nitrogens with one attached hydrogen (secondary N) is 1. The summed E-state index contributed by atoms with van der Waals surface area (Å²) in [5.74, 6) is -0.977. The first-order valence-electron chi connectivity index (χ1n) is 9.15. The Kier molecular flexibility index (Phi) is 6.14. The molecular weight excluding hydrogens is 378 g/mol. The predicted molar refractivity (Wildman–Crippen MR) is 107 cm³/mol. The van der Waals surface area contributed by atoms with Gasteiger partial charge >= 0.3 is 11.9 Å². The second-order valence-corrected chi connectivity index (χ2v) is 8.14. The number of carbonyl (C=O) groups excluding carboxylic acids is 3. The second kappa shape index (κ2) is 8.56. The minimum atomic E-state index is -0.567. The summed E-state index contributed by atoms with van der Waals surface area (Å²) in [6, 6.07) is 6.91. The van der Waals surface area contributed by atoms with Gasteiger partial charge in [-0.25, -0.2) is 9.59 Å². The fourth-order valence-corrected chi connectivity index (χ4v) is 4.64. The van der Waals surface area contributed by atoms with Gasteiger partial charge in [0.25, 0.3) is 5.91 Å². The monoisotopic (exact) mass is 401 g/mol. The number of benzene rings is 1. The molecule has 0 spiro atoms. The van der Waals surface area contributed by atoms with Crippen LogP contribution in [-0.2, 0) is 27.1 Å². The number of esters is 2. The molecule has 1 N–H and O–H groups in total. The Morgan fingerprint density at radius 1 is 1.18 bits per heavy atom. The molecule has 0 saturated heterocycles. The topological polar surface area (TPSA) is 81.7 Å². The van der Waals surface area contributed by atoms with Crippen molar-refractivity contribution < 1.29 is 23.9 Å². The van der Waals surface area contributed by atoms with Crippen LogP contribution in [0.3, 0.4) is 0 Å². The first-order chi connectivity index (χ1) is 13.4. The molecule has 0 radical (unpaired) electrons. The van der Waals surface area contributed by atoms with Crippen molar-refractivity contribution in [2.75, 3.05) is 19.0 Å². The van der Waals surface area contributed by atoms with Crippen molar-refractivity contribution in [3.05, 3.63) is 51.4 Å². The lowest BCUT2D eigenvalue weighted by Crippen LogP contribution is -2.22. The van der Waals surface area contributed by atoms with Crippen molar-refractivity contribution in [1.29, 1.82) is 0 Å². The van der Waals surface area contributed by atoms with Gasteiger partial charge in [0, 0.05) is 4.88 Å². The van der Waals surface area contributed by atoms with Gasteiger partial charge in [-0.3, -0.25) is 4.79 Å². The van der Waals surface area contributed by atoms with Crippen LogP contribution < -0.4 is 5.32 Å². The normalized spacial score (nSPS) is 15.5. The van der Waals surface area contributed by atoms with E-state index in [0.717, 1.165) is 35.3 Å². The van der Waals surface area contributed by atoms with E-state index in [0.29, 0.717) is 22.0 Å². The second-order valence-electron chi connectivity index (χ2n) is 7.04. The van der Waals surface area contributed by atoms with Gasteiger partial charge in [0.2, 0.25) is 0 Å². The SMILES string of the molecule is COC(=O)c1c(NC(=O)COC(=O)c2ccc(C)cc2)sc2c1CC[C@H](C)C2. The first-order valence-corrected chi connectivity index (χ1v) is 9.97. The Labute approximate surface area is 167 Å². The number of hydrogen-bond donors (Lipinski definition) is 1. The molecule has 2 aromatic rings. The fraction of sp³-hybridized carbons (Fsp3) is 0.381. The quantitative estimate of drug-likeness (QED) is 0.772. The summed E-state index contributed by atoms with van der Waals surface area (Å²) in [5, 5.41) is 3.18. The van der Waals surface area contributed by atoms with E-state index in [1.165, 1.54) is 18.4 Å². The number of carbonyl (C=O) groups is 3. The predicted octanol–water partition coefficient (Wildman–Crippen LogP) is 3.76. The largest absolute Gasteiger partial charge is 0.465 e. The van der Waals surface area contributed by atoms with Crippen molar-refractivity contribution in [2.45, 2.75) is 33.1 Å². The number of anilines is 1. The summed E-state index contributed by atoms with van der Waals surface area (Å²) < 4.78 is 9.99. The molecule has 0 bridgehead atoms. The van der Waals surface area contributed by atoms with E-state index in [1.807, 2.05) is 6.92 Å². The Morgan fingerprint density at radius 3 is 2.57 bits per heavy atom. The van der Waals surface area contributed by atoms with Crippen LogP contribution in [0.4, 0.5) is 5.00 Å². The van der Waals surface area contributed by atoms with Crippen LogP contribution in [0.5, 0.6) is 0 Å². The van der Waals surface area contributed by atoms with Crippen LogP contribution in [0, 0.1) is 12.8 Å². The van der Waals surface area contributed by atoms with Crippen LogP contribution in [0.1, 0.15) is 50.1 Å². The number of rotatable bonds is 5. The molecular formula is C21H23NO5S. The van der Waals surface area contributed by atoms with Crippen LogP contribution in [0.2, 0.25) is 0 Å². The third-order valence-electron chi connectivity index (χ3n) is 4.78. The zero-order valence-electron chi connectivity index (χ0n) is 16.2. The highest BCUT2D eigenvalue weighted by Crippen LogP contribution is 2.40. The van der Waals surface area contributed by atoms with Gasteiger partial charge in [0.1, 0.15) is 5.00 Å². The molecule has 6 nitrogen and oxygen atoms in total. The van der Waals surface area contributed by atoms with Gasteiger partial charge in [-0.05, 0) is 49.8 Å². The van der Waals surface area contributed by atoms with Gasteiger partial charge in [0.05, 0.1) is 18.2 Å². The minimum Gasteiger partial charge on any atom is -0.465 e. The van der Waals surface area contributed by atoms with Gasteiger partial charge in [-0.1, -0.05) is 24.6 Å².